The summed E-state index contributed by atoms with van der Waals surface area (Å²) in [7, 11) is -3.21. The Morgan fingerprint density at radius 2 is 1.28 bits per heavy atom. The summed E-state index contributed by atoms with van der Waals surface area (Å²) in [6, 6.07) is 27.4. The molecule has 3 aromatic rings. The molecule has 0 N–H and O–H groups in total. The second kappa shape index (κ2) is 8.98. The van der Waals surface area contributed by atoms with Crippen molar-refractivity contribution in [2.75, 3.05) is 6.61 Å². The van der Waals surface area contributed by atoms with Gasteiger partial charge in [-0.1, -0.05) is 78.9 Å². The molecule has 29 heavy (non-hydrogen) atoms. The Hall–Kier alpha value is -2.35. The smallest absolute Gasteiger partial charge is 0.338 e. The maximum Gasteiger partial charge on any atom is 0.338 e. The monoisotopic (exact) mass is 426 g/mol. The third-order valence-electron chi connectivity index (χ3n) is 4.89. The average molecular weight is 427 g/mol. The molecule has 1 atom stereocenters. The molecule has 3 aromatic carbocycles. The zero-order valence-corrected chi connectivity index (χ0v) is 18.1. The van der Waals surface area contributed by atoms with Gasteiger partial charge in [-0.25, -0.2) is 4.79 Å². The highest BCUT2D eigenvalue weighted by molar-refractivity contribution is 7.79. The minimum absolute atomic E-state index is 0.0503. The highest BCUT2D eigenvalue weighted by atomic mass is 35.5. The Morgan fingerprint density at radius 1 is 0.862 bits per heavy atom. The molecular formula is C24H24ClO3P. The number of hydrogen-bond acceptors (Lipinski definition) is 3. The molecule has 0 aliphatic rings. The van der Waals surface area contributed by atoms with Crippen molar-refractivity contribution in [2.45, 2.75) is 24.4 Å². The first-order chi connectivity index (χ1) is 13.8. The number of hydrogen-bond donors (Lipinski definition) is 0. The van der Waals surface area contributed by atoms with Gasteiger partial charge in [0.1, 0.15) is 6.61 Å². The Kier molecular flexibility index (Phi) is 6.62. The van der Waals surface area contributed by atoms with Gasteiger partial charge in [-0.2, -0.15) is 0 Å². The van der Waals surface area contributed by atoms with E-state index in [0.717, 1.165) is 0 Å². The number of esters is 1. The van der Waals surface area contributed by atoms with Crippen LogP contribution in [-0.2, 0) is 9.30 Å². The van der Waals surface area contributed by atoms with E-state index >= 15 is 0 Å². The van der Waals surface area contributed by atoms with Crippen LogP contribution in [0.2, 0.25) is 0 Å². The molecule has 0 saturated carbocycles. The van der Waals surface area contributed by atoms with Crippen LogP contribution in [0.15, 0.2) is 91.0 Å². The zero-order valence-electron chi connectivity index (χ0n) is 16.5. The second-order valence-electron chi connectivity index (χ2n) is 7.37. The van der Waals surface area contributed by atoms with E-state index in [1.165, 1.54) is 0 Å². The van der Waals surface area contributed by atoms with Gasteiger partial charge in [0.05, 0.1) is 16.1 Å². The van der Waals surface area contributed by atoms with Gasteiger partial charge in [0.2, 0.25) is 0 Å². The van der Waals surface area contributed by atoms with Crippen molar-refractivity contribution in [3.05, 3.63) is 96.6 Å². The van der Waals surface area contributed by atoms with Crippen molar-refractivity contribution in [3.63, 3.8) is 0 Å². The van der Waals surface area contributed by atoms with Crippen molar-refractivity contribution in [3.8, 4) is 0 Å². The molecule has 0 aromatic heterocycles. The first-order valence-corrected chi connectivity index (χ1v) is 11.6. The van der Waals surface area contributed by atoms with Crippen LogP contribution in [0, 0.1) is 0 Å². The summed E-state index contributed by atoms with van der Waals surface area (Å²) in [5, 5.41) is 1.39. The second-order valence-corrected chi connectivity index (χ2v) is 11.3. The maximum atomic E-state index is 14.6. The molecule has 3 nitrogen and oxygen atoms in total. The zero-order chi connectivity index (χ0) is 20.9. The van der Waals surface area contributed by atoms with Crippen LogP contribution in [0.5, 0.6) is 0 Å². The summed E-state index contributed by atoms with van der Waals surface area (Å²) < 4.78 is 20.2. The van der Waals surface area contributed by atoms with Crippen molar-refractivity contribution < 1.29 is 14.1 Å². The average Bonchev–Trinajstić information content (AvgIpc) is 2.74. The summed E-state index contributed by atoms with van der Waals surface area (Å²) >= 11 is 6.75. The van der Waals surface area contributed by atoms with Crippen LogP contribution in [0.3, 0.4) is 0 Å². The van der Waals surface area contributed by atoms with Crippen LogP contribution in [0.1, 0.15) is 24.2 Å². The van der Waals surface area contributed by atoms with Gasteiger partial charge in [0, 0.05) is 10.6 Å². The number of alkyl halides is 1. The van der Waals surface area contributed by atoms with Crippen molar-refractivity contribution in [2.24, 2.45) is 0 Å². The van der Waals surface area contributed by atoms with E-state index < -0.39 is 23.6 Å². The summed E-state index contributed by atoms with van der Waals surface area (Å²) in [5.41, 5.74) is -0.151. The van der Waals surface area contributed by atoms with Crippen LogP contribution in [-0.4, -0.2) is 23.1 Å². The van der Waals surface area contributed by atoms with E-state index in [2.05, 4.69) is 0 Å². The first kappa shape index (κ1) is 21.4. The third kappa shape index (κ3) is 4.80. The van der Waals surface area contributed by atoms with Gasteiger partial charge >= 0.3 is 5.97 Å². The largest absolute Gasteiger partial charge is 0.461 e. The third-order valence-corrected chi connectivity index (χ3v) is 9.11. The lowest BCUT2D eigenvalue weighted by Gasteiger charge is -2.35. The van der Waals surface area contributed by atoms with E-state index in [0.29, 0.717) is 16.2 Å². The molecule has 0 radical (unpaired) electrons. The fourth-order valence-electron chi connectivity index (χ4n) is 3.36. The normalized spacial score (nSPS) is 12.9. The van der Waals surface area contributed by atoms with Crippen LogP contribution in [0.4, 0.5) is 0 Å². The number of benzene rings is 3. The van der Waals surface area contributed by atoms with E-state index in [1.807, 2.05) is 80.6 Å². The maximum absolute atomic E-state index is 14.6. The molecule has 150 valence electrons. The van der Waals surface area contributed by atoms with Crippen LogP contribution < -0.4 is 10.6 Å². The lowest BCUT2D eigenvalue weighted by Crippen LogP contribution is -2.41. The predicted molar refractivity (Wildman–Crippen MR) is 120 cm³/mol. The van der Waals surface area contributed by atoms with Gasteiger partial charge < -0.3 is 9.30 Å². The number of rotatable bonds is 7. The van der Waals surface area contributed by atoms with Gasteiger partial charge in [-0.3, -0.25) is 0 Å². The summed E-state index contributed by atoms with van der Waals surface area (Å²) in [6.07, 6.45) is 0. The lowest BCUT2D eigenvalue weighted by molar-refractivity contribution is 0.0496. The predicted octanol–water partition coefficient (Wildman–Crippen LogP) is 5.24. The Balaban J connectivity index is 2.02. The summed E-state index contributed by atoms with van der Waals surface area (Å²) in [4.78, 5) is 11.6. The van der Waals surface area contributed by atoms with Crippen molar-refractivity contribution in [1.82, 2.24) is 0 Å². The number of carbonyl (C=O) groups excluding carboxylic acids is 1. The quantitative estimate of drug-likeness (QED) is 0.294. The molecule has 0 bridgehead atoms. The molecule has 0 saturated heterocycles. The fraction of sp³-hybridized carbons (Fsp3) is 0.208. The van der Waals surface area contributed by atoms with Crippen LogP contribution in [0.25, 0.3) is 0 Å². The minimum atomic E-state index is -3.21. The molecule has 0 spiro atoms. The first-order valence-electron chi connectivity index (χ1n) is 9.45. The van der Waals surface area contributed by atoms with E-state index in [9.17, 15) is 9.36 Å². The molecule has 0 aliphatic carbocycles. The molecule has 0 heterocycles. The fourth-order valence-corrected chi connectivity index (χ4v) is 7.23. The Morgan fingerprint density at radius 3 is 1.69 bits per heavy atom. The SMILES string of the molecule is CC(C)(Cl)C(COC(=O)c1ccccc1)P(=O)(c1ccccc1)c1ccccc1. The highest BCUT2D eigenvalue weighted by Crippen LogP contribution is 2.54. The molecule has 3 rings (SSSR count). The molecule has 1 unspecified atom stereocenters. The van der Waals surface area contributed by atoms with Gasteiger partial charge in [0.15, 0.2) is 7.14 Å². The van der Waals surface area contributed by atoms with Crippen molar-refractivity contribution >= 4 is 35.3 Å². The Labute approximate surface area is 177 Å². The summed E-state index contributed by atoms with van der Waals surface area (Å²) in [5.74, 6) is -0.454. The van der Waals surface area contributed by atoms with Crippen LogP contribution >= 0.6 is 18.7 Å². The summed E-state index contributed by atoms with van der Waals surface area (Å²) in [6.45, 7) is 3.58. The van der Waals surface area contributed by atoms with E-state index in [-0.39, 0.29) is 6.61 Å². The topological polar surface area (TPSA) is 43.4 Å². The Bertz CT molecular complexity index is 939. The molecule has 0 fully saturated rings. The van der Waals surface area contributed by atoms with Gasteiger partial charge in [-0.05, 0) is 26.0 Å². The molecule has 5 heteroatoms. The minimum Gasteiger partial charge on any atom is -0.461 e. The standard InChI is InChI=1S/C24H24ClO3P/c1-24(2,25)22(18-28-23(26)19-12-6-3-7-13-19)29(27,20-14-8-4-9-15-20)21-16-10-5-11-17-21/h3-17,22H,18H2,1-2H3. The van der Waals surface area contributed by atoms with E-state index in [4.69, 9.17) is 16.3 Å². The lowest BCUT2D eigenvalue weighted by atomic mass is 10.1. The highest BCUT2D eigenvalue weighted by Gasteiger charge is 2.45. The van der Waals surface area contributed by atoms with E-state index in [1.54, 1.807) is 24.3 Å². The molecular weight excluding hydrogens is 403 g/mol. The molecule has 0 amide bonds. The number of ether oxygens (including phenoxy) is 1. The number of carbonyl (C=O) groups is 1. The van der Waals surface area contributed by atoms with Gasteiger partial charge in [0.25, 0.3) is 0 Å². The van der Waals surface area contributed by atoms with Gasteiger partial charge in [-0.15, -0.1) is 11.6 Å². The number of halogens is 1. The molecule has 0 aliphatic heterocycles. The van der Waals surface area contributed by atoms with Crippen molar-refractivity contribution in [1.29, 1.82) is 0 Å².